The third-order valence-electron chi connectivity index (χ3n) is 7.92. The van der Waals surface area contributed by atoms with E-state index < -0.39 is 0 Å². The molecule has 0 spiro atoms. The molecule has 6 nitrogen and oxygen atoms in total. The molecule has 4 aromatic carbocycles. The van der Waals surface area contributed by atoms with E-state index in [1.165, 1.54) is 5.56 Å². The van der Waals surface area contributed by atoms with Crippen LogP contribution in [0.2, 0.25) is 0 Å². The van der Waals surface area contributed by atoms with Gasteiger partial charge in [-0.05, 0) is 92.5 Å². The van der Waals surface area contributed by atoms with Crippen LogP contribution in [0.25, 0.3) is 0 Å². The molecule has 4 aromatic rings. The van der Waals surface area contributed by atoms with Crippen LogP contribution in [0, 0.1) is 0 Å². The summed E-state index contributed by atoms with van der Waals surface area (Å²) in [6.07, 6.45) is 2.32. The second kappa shape index (κ2) is 17.9. The van der Waals surface area contributed by atoms with E-state index in [1.807, 2.05) is 96.9 Å². The van der Waals surface area contributed by atoms with Gasteiger partial charge in [0.25, 0.3) is 0 Å². The van der Waals surface area contributed by atoms with Gasteiger partial charge in [-0.1, -0.05) is 86.6 Å². The van der Waals surface area contributed by atoms with Crippen LogP contribution in [-0.2, 0) is 24.2 Å². The van der Waals surface area contributed by atoms with E-state index in [4.69, 9.17) is 9.47 Å². The van der Waals surface area contributed by atoms with Gasteiger partial charge in [0.05, 0.1) is 12.6 Å². The minimum atomic E-state index is -0.377. The van der Waals surface area contributed by atoms with Crippen molar-refractivity contribution in [1.29, 1.82) is 0 Å². The SMILES string of the molecule is CCN(CC)CCCOc1ccc(N(CCc2ccccc2)C(=O)C(Cc2ccc(OCc3ccccc3)cc2)NC)cc1. The molecule has 0 fully saturated rings. The Morgan fingerprint density at radius 3 is 1.91 bits per heavy atom. The molecule has 0 aliphatic carbocycles. The highest BCUT2D eigenvalue weighted by molar-refractivity contribution is 5.97. The van der Waals surface area contributed by atoms with Crippen molar-refractivity contribution in [3.8, 4) is 11.5 Å². The molecule has 44 heavy (non-hydrogen) atoms. The van der Waals surface area contributed by atoms with E-state index in [1.54, 1.807) is 0 Å². The number of amides is 1. The van der Waals surface area contributed by atoms with Crippen molar-refractivity contribution < 1.29 is 14.3 Å². The van der Waals surface area contributed by atoms with Crippen LogP contribution in [0.3, 0.4) is 0 Å². The molecular formula is C38H47N3O3. The fourth-order valence-corrected chi connectivity index (χ4v) is 5.19. The van der Waals surface area contributed by atoms with Crippen LogP contribution >= 0.6 is 0 Å². The van der Waals surface area contributed by atoms with E-state index >= 15 is 0 Å². The molecule has 6 heteroatoms. The van der Waals surface area contributed by atoms with E-state index in [2.05, 4.69) is 48.3 Å². The maximum Gasteiger partial charge on any atom is 0.244 e. The van der Waals surface area contributed by atoms with Crippen molar-refractivity contribution in [2.45, 2.75) is 45.8 Å². The lowest BCUT2D eigenvalue weighted by Gasteiger charge is -2.28. The van der Waals surface area contributed by atoms with E-state index in [9.17, 15) is 4.79 Å². The summed E-state index contributed by atoms with van der Waals surface area (Å²) >= 11 is 0. The first-order chi connectivity index (χ1) is 21.6. The number of rotatable bonds is 18. The van der Waals surface area contributed by atoms with Crippen LogP contribution in [0.1, 0.15) is 37.0 Å². The molecule has 4 rings (SSSR count). The molecule has 0 aliphatic rings. The van der Waals surface area contributed by atoms with Crippen molar-refractivity contribution in [1.82, 2.24) is 10.2 Å². The van der Waals surface area contributed by atoms with E-state index in [-0.39, 0.29) is 11.9 Å². The molecular weight excluding hydrogens is 546 g/mol. The number of benzene rings is 4. The molecule has 1 amide bonds. The second-order valence-electron chi connectivity index (χ2n) is 10.9. The van der Waals surface area contributed by atoms with Gasteiger partial charge in [0.2, 0.25) is 5.91 Å². The average Bonchev–Trinajstić information content (AvgIpc) is 3.08. The summed E-state index contributed by atoms with van der Waals surface area (Å²) in [5.74, 6) is 1.68. The number of carbonyl (C=O) groups is 1. The molecule has 1 unspecified atom stereocenters. The molecule has 0 saturated carbocycles. The van der Waals surface area contributed by atoms with Gasteiger partial charge in [-0.3, -0.25) is 4.79 Å². The number of nitrogens with one attached hydrogen (secondary N) is 1. The zero-order chi connectivity index (χ0) is 31.0. The Balaban J connectivity index is 1.40. The summed E-state index contributed by atoms with van der Waals surface area (Å²) in [7, 11) is 1.85. The summed E-state index contributed by atoms with van der Waals surface area (Å²) in [6, 6.07) is 36.0. The lowest BCUT2D eigenvalue weighted by molar-refractivity contribution is -0.120. The first-order valence-corrected chi connectivity index (χ1v) is 15.8. The zero-order valence-electron chi connectivity index (χ0n) is 26.5. The van der Waals surface area contributed by atoms with E-state index in [0.717, 1.165) is 60.8 Å². The summed E-state index contributed by atoms with van der Waals surface area (Å²) in [5, 5.41) is 3.27. The Morgan fingerprint density at radius 1 is 0.705 bits per heavy atom. The summed E-state index contributed by atoms with van der Waals surface area (Å²) in [5.41, 5.74) is 4.26. The number of hydrogen-bond donors (Lipinski definition) is 1. The van der Waals surface area contributed by atoms with Crippen LogP contribution < -0.4 is 19.7 Å². The second-order valence-corrected chi connectivity index (χ2v) is 10.9. The standard InChI is InChI=1S/C38H47N3O3/c1-4-40(5-2)26-12-28-43-35-23-19-34(20-24-35)41(27-25-31-13-8-6-9-14-31)38(42)37(39-3)29-32-17-21-36(22-18-32)44-30-33-15-10-7-11-16-33/h6-11,13-24,37,39H,4-5,12,25-30H2,1-3H3. The highest BCUT2D eigenvalue weighted by atomic mass is 16.5. The maximum atomic E-state index is 14.0. The molecule has 1 atom stereocenters. The topological polar surface area (TPSA) is 54.0 Å². The van der Waals surface area contributed by atoms with Crippen LogP contribution in [0.4, 0.5) is 5.69 Å². The predicted octanol–water partition coefficient (Wildman–Crippen LogP) is 6.78. The highest BCUT2D eigenvalue weighted by Gasteiger charge is 2.25. The fraction of sp³-hybridized carbons (Fsp3) is 0.342. The Bertz CT molecular complexity index is 1360. The van der Waals surface area contributed by atoms with Crippen molar-refractivity contribution >= 4 is 11.6 Å². The maximum absolute atomic E-state index is 14.0. The van der Waals surface area contributed by atoms with Gasteiger partial charge < -0.3 is 24.6 Å². The third kappa shape index (κ3) is 10.2. The largest absolute Gasteiger partial charge is 0.494 e. The van der Waals surface area contributed by atoms with Crippen LogP contribution in [-0.4, -0.2) is 56.7 Å². The molecule has 0 bridgehead atoms. The molecule has 0 aliphatic heterocycles. The number of anilines is 1. The molecule has 0 radical (unpaired) electrons. The van der Waals surface area contributed by atoms with Crippen LogP contribution in [0.5, 0.6) is 11.5 Å². The van der Waals surface area contributed by atoms with Crippen molar-refractivity contribution in [3.63, 3.8) is 0 Å². The number of nitrogens with zero attached hydrogens (tertiary/aromatic N) is 2. The van der Waals surface area contributed by atoms with Gasteiger partial charge in [0.15, 0.2) is 0 Å². The summed E-state index contributed by atoms with van der Waals surface area (Å²) < 4.78 is 12.0. The molecule has 1 N–H and O–H groups in total. The lowest BCUT2D eigenvalue weighted by Crippen LogP contribution is -2.47. The number of carbonyl (C=O) groups excluding carboxylic acids is 1. The smallest absolute Gasteiger partial charge is 0.244 e. The van der Waals surface area contributed by atoms with Crippen LogP contribution in [0.15, 0.2) is 109 Å². The first kappa shape index (κ1) is 32.8. The number of ether oxygens (including phenoxy) is 2. The predicted molar refractivity (Wildman–Crippen MR) is 181 cm³/mol. The first-order valence-electron chi connectivity index (χ1n) is 15.8. The Labute approximate surface area is 263 Å². The quantitative estimate of drug-likeness (QED) is 0.129. The highest BCUT2D eigenvalue weighted by Crippen LogP contribution is 2.23. The molecule has 0 saturated heterocycles. The fourth-order valence-electron chi connectivity index (χ4n) is 5.19. The molecule has 0 heterocycles. The van der Waals surface area contributed by atoms with Gasteiger partial charge >= 0.3 is 0 Å². The van der Waals surface area contributed by atoms with E-state index in [0.29, 0.717) is 26.2 Å². The minimum Gasteiger partial charge on any atom is -0.494 e. The Morgan fingerprint density at radius 2 is 1.30 bits per heavy atom. The monoisotopic (exact) mass is 593 g/mol. The van der Waals surface area contributed by atoms with Gasteiger partial charge in [0.1, 0.15) is 18.1 Å². The number of hydrogen-bond acceptors (Lipinski definition) is 5. The normalized spacial score (nSPS) is 11.7. The van der Waals surface area contributed by atoms with Gasteiger partial charge in [0, 0.05) is 18.8 Å². The lowest BCUT2D eigenvalue weighted by atomic mass is 10.0. The minimum absolute atomic E-state index is 0.0423. The average molecular weight is 594 g/mol. The number of likely N-dealkylation sites (N-methyl/N-ethyl adjacent to an activating group) is 1. The van der Waals surface area contributed by atoms with Gasteiger partial charge in [-0.2, -0.15) is 0 Å². The summed E-state index contributed by atoms with van der Waals surface area (Å²) in [6.45, 7) is 9.29. The van der Waals surface area contributed by atoms with Crippen molar-refractivity contribution in [3.05, 3.63) is 126 Å². The Kier molecular flexibility index (Phi) is 13.3. The van der Waals surface area contributed by atoms with Crippen molar-refractivity contribution in [2.24, 2.45) is 0 Å². The van der Waals surface area contributed by atoms with Crippen molar-refractivity contribution in [2.75, 3.05) is 44.7 Å². The van der Waals surface area contributed by atoms with Gasteiger partial charge in [-0.25, -0.2) is 0 Å². The Hall–Kier alpha value is -4.13. The third-order valence-corrected chi connectivity index (χ3v) is 7.92. The molecule has 232 valence electrons. The zero-order valence-corrected chi connectivity index (χ0v) is 26.5. The molecule has 0 aromatic heterocycles. The summed E-state index contributed by atoms with van der Waals surface area (Å²) in [4.78, 5) is 18.3. The van der Waals surface area contributed by atoms with Gasteiger partial charge in [-0.15, -0.1) is 0 Å².